The molecule has 0 aliphatic heterocycles. The van der Waals surface area contributed by atoms with Gasteiger partial charge in [0.1, 0.15) is 0 Å². The van der Waals surface area contributed by atoms with Crippen LogP contribution >= 0.6 is 23.8 Å². The number of thiocarbonyl (C=S) groups is 1. The number of aryl methyl sites for hydroxylation is 1. The second-order valence-corrected chi connectivity index (χ2v) is 5.57. The number of halogens is 1. The van der Waals surface area contributed by atoms with E-state index in [-0.39, 0.29) is 36.0 Å². The van der Waals surface area contributed by atoms with Crippen LogP contribution in [0.3, 0.4) is 0 Å². The summed E-state index contributed by atoms with van der Waals surface area (Å²) >= 11 is 11.5. The molecule has 0 aliphatic carbocycles. The summed E-state index contributed by atoms with van der Waals surface area (Å²) in [4.78, 5) is 11.5. The molecule has 0 radical (unpaired) electrons. The number of aliphatic carboxylic acids is 1. The van der Waals surface area contributed by atoms with Crippen LogP contribution in [0.25, 0.3) is 0 Å². The molecule has 0 aliphatic rings. The quantitative estimate of drug-likeness (QED) is 0.388. The number of nitrogen functional groups attached to an aromatic ring is 1. The summed E-state index contributed by atoms with van der Waals surface area (Å²) < 4.78 is 0. The Morgan fingerprint density at radius 1 is 1.23 bits per heavy atom. The first kappa shape index (κ1) is 19.1. The number of carbonyl (C=O) groups is 1. The number of hydrogen-bond donors (Lipinski definition) is 2. The minimum atomic E-state index is -0.984. The molecule has 22 heavy (non-hydrogen) atoms. The second-order valence-electron chi connectivity index (χ2n) is 4.75. The molecule has 0 aromatic heterocycles. The van der Waals surface area contributed by atoms with Crippen LogP contribution in [0.4, 0.5) is 5.69 Å². The third-order valence-corrected chi connectivity index (χ3v) is 4.00. The molecule has 3 nitrogen and oxygen atoms in total. The van der Waals surface area contributed by atoms with Crippen molar-refractivity contribution in [2.75, 3.05) is 5.73 Å². The average Bonchev–Trinajstić information content (AvgIpc) is 2.43. The summed E-state index contributed by atoms with van der Waals surface area (Å²) in [5, 5.41) is 9.28. The number of carboxylic acid groups (broad SMARTS) is 1. The van der Waals surface area contributed by atoms with Crippen LogP contribution in [0, 0.1) is 6.92 Å². The fraction of sp³-hybridized carbons (Fsp3) is 0.125. The topological polar surface area (TPSA) is 63.3 Å². The fourth-order valence-corrected chi connectivity index (χ4v) is 2.57. The summed E-state index contributed by atoms with van der Waals surface area (Å²) in [6, 6.07) is 11.1. The first-order valence-corrected chi connectivity index (χ1v) is 7.08. The van der Waals surface area contributed by atoms with Gasteiger partial charge in [0, 0.05) is 21.8 Å². The van der Waals surface area contributed by atoms with Crippen LogP contribution in [-0.4, -0.2) is 45.5 Å². The van der Waals surface area contributed by atoms with Gasteiger partial charge in [0.25, 0.3) is 0 Å². The van der Waals surface area contributed by atoms with E-state index in [1.807, 2.05) is 31.2 Å². The molecule has 0 atom stereocenters. The van der Waals surface area contributed by atoms with Crippen molar-refractivity contribution in [3.63, 3.8) is 0 Å². The van der Waals surface area contributed by atoms with Gasteiger partial charge in [-0.15, -0.1) is 0 Å². The zero-order valence-corrected chi connectivity index (χ0v) is 13.0. The third kappa shape index (κ3) is 4.31. The van der Waals surface area contributed by atoms with Crippen LogP contribution in [0.1, 0.15) is 22.3 Å². The van der Waals surface area contributed by atoms with E-state index in [1.165, 1.54) is 0 Å². The number of hydrogen-bond acceptors (Lipinski definition) is 3. The van der Waals surface area contributed by atoms with Crippen LogP contribution < -0.4 is 5.73 Å². The number of rotatable bonds is 4. The fourth-order valence-electron chi connectivity index (χ4n) is 2.03. The molecule has 0 saturated heterocycles. The number of carboxylic acids is 1. The van der Waals surface area contributed by atoms with Crippen molar-refractivity contribution in [2.45, 2.75) is 13.3 Å². The molecular weight excluding hydrogens is 329 g/mol. The van der Waals surface area contributed by atoms with Crippen molar-refractivity contribution in [1.82, 2.24) is 0 Å². The predicted octanol–water partition coefficient (Wildman–Crippen LogP) is 2.98. The first-order valence-electron chi connectivity index (χ1n) is 6.30. The molecule has 2 rings (SSSR count). The van der Waals surface area contributed by atoms with Gasteiger partial charge in [-0.1, -0.05) is 53.6 Å². The van der Waals surface area contributed by atoms with E-state index in [0.717, 1.165) is 11.1 Å². The molecule has 6 heteroatoms. The van der Waals surface area contributed by atoms with Crippen molar-refractivity contribution in [3.8, 4) is 0 Å². The van der Waals surface area contributed by atoms with Crippen molar-refractivity contribution in [2.24, 2.45) is 0 Å². The van der Waals surface area contributed by atoms with E-state index in [1.54, 1.807) is 12.1 Å². The second kappa shape index (κ2) is 8.09. The minimum absolute atomic E-state index is 0. The number of anilines is 1. The Hall–Kier alpha value is -0.910. The Bertz CT molecular complexity index is 717. The van der Waals surface area contributed by atoms with Crippen molar-refractivity contribution < 1.29 is 9.90 Å². The van der Waals surface area contributed by atoms with Gasteiger partial charge in [0.05, 0.1) is 11.3 Å². The summed E-state index contributed by atoms with van der Waals surface area (Å²) in [6.07, 6.45) is -0.227. The Morgan fingerprint density at radius 3 is 2.36 bits per heavy atom. The van der Waals surface area contributed by atoms with Crippen molar-refractivity contribution in [3.05, 3.63) is 63.7 Å². The SMILES string of the molecule is Cc1ccc(C(=S)c2ccc(Cl)c(CC(=O)O)c2N)cc1.[NaH]. The molecule has 0 bridgehead atoms. The summed E-state index contributed by atoms with van der Waals surface area (Å²) in [5.41, 5.74) is 9.43. The van der Waals surface area contributed by atoms with Crippen LogP contribution in [0.5, 0.6) is 0 Å². The molecule has 2 aromatic carbocycles. The Morgan fingerprint density at radius 2 is 1.82 bits per heavy atom. The van der Waals surface area contributed by atoms with E-state index in [2.05, 4.69) is 0 Å². The molecule has 2 aromatic rings. The predicted molar refractivity (Wildman–Crippen MR) is 96.3 cm³/mol. The molecule has 0 spiro atoms. The molecule has 0 unspecified atom stereocenters. The van der Waals surface area contributed by atoms with E-state index >= 15 is 0 Å². The van der Waals surface area contributed by atoms with Crippen LogP contribution in [0.2, 0.25) is 5.02 Å². The normalized spacial score (nSPS) is 9.91. The summed E-state index contributed by atoms with van der Waals surface area (Å²) in [5.74, 6) is -0.984. The van der Waals surface area contributed by atoms with Gasteiger partial charge in [-0.05, 0) is 24.6 Å². The maximum absolute atomic E-state index is 10.9. The summed E-state index contributed by atoms with van der Waals surface area (Å²) in [7, 11) is 0. The number of nitrogens with two attached hydrogens (primary N) is 1. The molecule has 0 amide bonds. The average molecular weight is 344 g/mol. The summed E-state index contributed by atoms with van der Waals surface area (Å²) in [6.45, 7) is 1.99. The zero-order chi connectivity index (χ0) is 15.6. The van der Waals surface area contributed by atoms with Gasteiger partial charge in [-0.25, -0.2) is 0 Å². The molecular formula is C16H15ClNNaO2S. The van der Waals surface area contributed by atoms with Crippen LogP contribution in [0.15, 0.2) is 36.4 Å². The molecule has 0 saturated carbocycles. The molecule has 0 fully saturated rings. The van der Waals surface area contributed by atoms with E-state index in [4.69, 9.17) is 34.7 Å². The van der Waals surface area contributed by atoms with Crippen molar-refractivity contribution >= 4 is 69.9 Å². The van der Waals surface area contributed by atoms with Gasteiger partial charge < -0.3 is 10.8 Å². The third-order valence-electron chi connectivity index (χ3n) is 3.19. The molecule has 0 heterocycles. The van der Waals surface area contributed by atoms with E-state index in [0.29, 0.717) is 26.7 Å². The maximum atomic E-state index is 10.9. The Kier molecular flexibility index (Phi) is 7.03. The van der Waals surface area contributed by atoms with Gasteiger partial charge in [0.15, 0.2) is 0 Å². The molecule has 3 N–H and O–H groups in total. The van der Waals surface area contributed by atoms with Gasteiger partial charge in [-0.3, -0.25) is 4.79 Å². The van der Waals surface area contributed by atoms with E-state index in [9.17, 15) is 4.79 Å². The van der Waals surface area contributed by atoms with Gasteiger partial charge in [-0.2, -0.15) is 0 Å². The standard InChI is InChI=1S/C16H14ClNO2S.Na.H/c1-9-2-4-10(5-3-9)16(21)11-6-7-13(17)12(15(11)18)8-14(19)20;;/h2-7H,8,18H2,1H3,(H,19,20);;. The number of benzene rings is 2. The van der Waals surface area contributed by atoms with Gasteiger partial charge >= 0.3 is 35.5 Å². The monoisotopic (exact) mass is 343 g/mol. The van der Waals surface area contributed by atoms with Gasteiger partial charge in [0.2, 0.25) is 0 Å². The van der Waals surface area contributed by atoms with Crippen LogP contribution in [-0.2, 0) is 11.2 Å². The Labute approximate surface area is 161 Å². The van der Waals surface area contributed by atoms with Crippen molar-refractivity contribution in [1.29, 1.82) is 0 Å². The first-order chi connectivity index (χ1) is 9.90. The molecule has 110 valence electrons. The zero-order valence-electron chi connectivity index (χ0n) is 11.4. The van der Waals surface area contributed by atoms with E-state index < -0.39 is 5.97 Å². The Balaban J connectivity index is 0.00000242.